The highest BCUT2D eigenvalue weighted by atomic mass is 16.4. The minimum absolute atomic E-state index is 0.0532. The number of aliphatic carboxylic acids is 1. The Hall–Kier alpha value is -1.25. The maximum atomic E-state index is 10.0. The molecule has 3 nitrogen and oxygen atoms in total. The molecule has 0 unspecified atom stereocenters. The van der Waals surface area contributed by atoms with E-state index in [0.29, 0.717) is 5.70 Å². The Morgan fingerprint density at radius 1 is 1.56 bits per heavy atom. The van der Waals surface area contributed by atoms with Gasteiger partial charge in [0, 0.05) is 5.70 Å². The van der Waals surface area contributed by atoms with Gasteiger partial charge in [-0.05, 0) is 6.92 Å². The molecule has 0 saturated heterocycles. The Labute approximate surface area is 53.7 Å². The summed E-state index contributed by atoms with van der Waals surface area (Å²) in [6.45, 7) is 8.33. The molecule has 0 aromatic carbocycles. The van der Waals surface area contributed by atoms with Crippen LogP contribution in [0.25, 0.3) is 0 Å². The average molecular weight is 127 g/mol. The highest BCUT2D eigenvalue weighted by Gasteiger charge is 2.00. The van der Waals surface area contributed by atoms with Crippen molar-refractivity contribution in [3.63, 3.8) is 0 Å². The molecule has 0 bridgehead atoms. The molecule has 0 rings (SSSR count). The number of hydrogen-bond donors (Lipinski definition) is 2. The summed E-state index contributed by atoms with van der Waals surface area (Å²) in [7, 11) is 0. The summed E-state index contributed by atoms with van der Waals surface area (Å²) in [5.41, 5.74) is 0.518. The first-order valence-corrected chi connectivity index (χ1v) is 2.38. The van der Waals surface area contributed by atoms with Crippen LogP contribution in [0.15, 0.2) is 24.6 Å². The van der Waals surface area contributed by atoms with Crippen molar-refractivity contribution in [1.82, 2.24) is 5.32 Å². The lowest BCUT2D eigenvalue weighted by atomic mass is 10.4. The van der Waals surface area contributed by atoms with Crippen molar-refractivity contribution >= 4 is 5.97 Å². The zero-order valence-electron chi connectivity index (χ0n) is 5.27. The van der Waals surface area contributed by atoms with Crippen molar-refractivity contribution < 1.29 is 9.90 Å². The lowest BCUT2D eigenvalue weighted by molar-refractivity contribution is -0.132. The number of nitrogens with one attached hydrogen (secondary N) is 1. The molecule has 0 radical (unpaired) electrons. The zero-order chi connectivity index (χ0) is 7.44. The summed E-state index contributed by atoms with van der Waals surface area (Å²) in [6, 6.07) is 0. The van der Waals surface area contributed by atoms with Gasteiger partial charge >= 0.3 is 5.97 Å². The second kappa shape index (κ2) is 2.91. The van der Waals surface area contributed by atoms with Gasteiger partial charge in [0.1, 0.15) is 5.70 Å². The van der Waals surface area contributed by atoms with Crippen LogP contribution in [0.1, 0.15) is 6.92 Å². The lowest BCUT2D eigenvalue weighted by Gasteiger charge is -2.01. The monoisotopic (exact) mass is 127 g/mol. The maximum Gasteiger partial charge on any atom is 0.351 e. The Kier molecular flexibility index (Phi) is 2.51. The first-order chi connectivity index (χ1) is 4.04. The Balaban J connectivity index is 3.79. The van der Waals surface area contributed by atoms with Crippen LogP contribution in [-0.2, 0) is 4.79 Å². The van der Waals surface area contributed by atoms with E-state index in [9.17, 15) is 4.79 Å². The van der Waals surface area contributed by atoms with E-state index in [-0.39, 0.29) is 5.70 Å². The van der Waals surface area contributed by atoms with Crippen LogP contribution < -0.4 is 5.32 Å². The van der Waals surface area contributed by atoms with Gasteiger partial charge in [-0.2, -0.15) is 0 Å². The van der Waals surface area contributed by atoms with Crippen LogP contribution in [0.2, 0.25) is 0 Å². The fourth-order valence-corrected chi connectivity index (χ4v) is 0.311. The van der Waals surface area contributed by atoms with Gasteiger partial charge in [-0.3, -0.25) is 0 Å². The molecule has 0 amide bonds. The molecular formula is C6H9NO2. The third kappa shape index (κ3) is 3.34. The number of allylic oxidation sites excluding steroid dienone is 1. The predicted molar refractivity (Wildman–Crippen MR) is 34.7 cm³/mol. The van der Waals surface area contributed by atoms with Gasteiger partial charge in [-0.25, -0.2) is 4.79 Å². The third-order valence-corrected chi connectivity index (χ3v) is 0.622. The fourth-order valence-electron chi connectivity index (χ4n) is 0.311. The van der Waals surface area contributed by atoms with Crippen LogP contribution in [0.4, 0.5) is 0 Å². The smallest absolute Gasteiger partial charge is 0.351 e. The summed E-state index contributed by atoms with van der Waals surface area (Å²) in [4.78, 5) is 10.0. The largest absolute Gasteiger partial charge is 0.477 e. The van der Waals surface area contributed by atoms with Crippen LogP contribution in [-0.4, -0.2) is 11.1 Å². The van der Waals surface area contributed by atoms with Crippen LogP contribution in [0.5, 0.6) is 0 Å². The van der Waals surface area contributed by atoms with Crippen LogP contribution in [0.3, 0.4) is 0 Å². The van der Waals surface area contributed by atoms with Gasteiger partial charge in [-0.15, -0.1) is 0 Å². The van der Waals surface area contributed by atoms with Gasteiger partial charge < -0.3 is 10.4 Å². The van der Waals surface area contributed by atoms with E-state index in [0.717, 1.165) is 0 Å². The summed E-state index contributed by atoms with van der Waals surface area (Å²) < 4.78 is 0. The summed E-state index contributed by atoms with van der Waals surface area (Å²) in [6.07, 6.45) is 0. The van der Waals surface area contributed by atoms with Gasteiger partial charge in [0.2, 0.25) is 0 Å². The molecule has 0 fully saturated rings. The maximum absolute atomic E-state index is 10.0. The van der Waals surface area contributed by atoms with Crippen LogP contribution in [0, 0.1) is 0 Å². The molecular weight excluding hydrogens is 118 g/mol. The van der Waals surface area contributed by atoms with Crippen molar-refractivity contribution in [1.29, 1.82) is 0 Å². The molecule has 0 aliphatic carbocycles. The number of rotatable bonds is 3. The zero-order valence-corrected chi connectivity index (χ0v) is 5.27. The number of hydrogen-bond acceptors (Lipinski definition) is 2. The molecule has 0 saturated carbocycles. The molecule has 0 spiro atoms. The summed E-state index contributed by atoms with van der Waals surface area (Å²) >= 11 is 0. The molecule has 0 aromatic rings. The van der Waals surface area contributed by atoms with E-state index >= 15 is 0 Å². The fraction of sp³-hybridized carbons (Fsp3) is 0.167. The molecule has 50 valence electrons. The Morgan fingerprint density at radius 3 is 2.11 bits per heavy atom. The van der Waals surface area contributed by atoms with Crippen molar-refractivity contribution in [2.75, 3.05) is 0 Å². The normalized spacial score (nSPS) is 8.11. The second-order valence-electron chi connectivity index (χ2n) is 1.69. The first-order valence-electron chi connectivity index (χ1n) is 2.38. The minimum Gasteiger partial charge on any atom is -0.477 e. The van der Waals surface area contributed by atoms with E-state index in [1.165, 1.54) is 0 Å². The van der Waals surface area contributed by atoms with Gasteiger partial charge in [0.15, 0.2) is 0 Å². The molecule has 0 aliphatic rings. The Morgan fingerprint density at radius 2 is 2.00 bits per heavy atom. The number of carbonyl (C=O) groups is 1. The van der Waals surface area contributed by atoms with Gasteiger partial charge in [0.05, 0.1) is 0 Å². The van der Waals surface area contributed by atoms with Gasteiger partial charge in [-0.1, -0.05) is 13.2 Å². The molecule has 2 N–H and O–H groups in total. The summed E-state index contributed by atoms with van der Waals surface area (Å²) in [5.74, 6) is -1.06. The van der Waals surface area contributed by atoms with E-state index in [1.807, 2.05) is 0 Å². The van der Waals surface area contributed by atoms with Crippen molar-refractivity contribution in [3.8, 4) is 0 Å². The van der Waals surface area contributed by atoms with E-state index < -0.39 is 5.97 Å². The van der Waals surface area contributed by atoms with Gasteiger partial charge in [0.25, 0.3) is 0 Å². The molecule has 0 aliphatic heterocycles. The number of carboxylic acid groups (broad SMARTS) is 1. The molecule has 0 atom stereocenters. The third-order valence-electron chi connectivity index (χ3n) is 0.622. The van der Waals surface area contributed by atoms with Crippen molar-refractivity contribution in [2.24, 2.45) is 0 Å². The Bertz CT molecular complexity index is 160. The predicted octanol–water partition coefficient (Wildman–Crippen LogP) is 0.708. The highest BCUT2D eigenvalue weighted by Crippen LogP contribution is 1.87. The summed E-state index contributed by atoms with van der Waals surface area (Å²) in [5, 5.41) is 10.7. The second-order valence-corrected chi connectivity index (χ2v) is 1.69. The molecule has 0 aromatic heterocycles. The SMILES string of the molecule is C=C(C)NC(=C)C(=O)O. The molecule has 0 heterocycles. The standard InChI is InChI=1S/C6H9NO2/c1-4(2)7-5(3)6(8)9/h7H,1,3H2,2H3,(H,8,9). The quantitative estimate of drug-likeness (QED) is 0.549. The van der Waals surface area contributed by atoms with Crippen molar-refractivity contribution in [3.05, 3.63) is 24.6 Å². The van der Waals surface area contributed by atoms with E-state index in [4.69, 9.17) is 5.11 Å². The average Bonchev–Trinajstić information content (AvgIpc) is 1.63. The van der Waals surface area contributed by atoms with Crippen LogP contribution >= 0.6 is 0 Å². The first kappa shape index (κ1) is 7.75. The van der Waals surface area contributed by atoms with E-state index in [2.05, 4.69) is 18.5 Å². The highest BCUT2D eigenvalue weighted by molar-refractivity contribution is 5.85. The lowest BCUT2D eigenvalue weighted by Crippen LogP contribution is -2.16. The van der Waals surface area contributed by atoms with E-state index in [1.54, 1.807) is 6.92 Å². The molecule has 3 heteroatoms. The number of carboxylic acids is 1. The minimum atomic E-state index is -1.06. The molecule has 9 heavy (non-hydrogen) atoms. The van der Waals surface area contributed by atoms with Crippen molar-refractivity contribution in [2.45, 2.75) is 6.92 Å². The topological polar surface area (TPSA) is 49.3 Å².